The zero-order valence-electron chi connectivity index (χ0n) is 13.1. The van der Waals surface area contributed by atoms with E-state index in [-0.39, 0.29) is 11.1 Å². The molecule has 1 aromatic carbocycles. The first kappa shape index (κ1) is 15.3. The third kappa shape index (κ3) is 2.97. The first-order valence-electron chi connectivity index (χ1n) is 7.65. The highest BCUT2D eigenvalue weighted by Gasteiger charge is 2.40. The van der Waals surface area contributed by atoms with Crippen molar-refractivity contribution >= 4 is 11.7 Å². The summed E-state index contributed by atoms with van der Waals surface area (Å²) in [7, 11) is 1.70. The van der Waals surface area contributed by atoms with Crippen molar-refractivity contribution in [3.05, 3.63) is 47.7 Å². The van der Waals surface area contributed by atoms with Crippen LogP contribution in [0.25, 0.3) is 0 Å². The smallest absolute Gasteiger partial charge is 0.269 e. The number of para-hydroxylation sites is 1. The van der Waals surface area contributed by atoms with Crippen molar-refractivity contribution in [3.63, 3.8) is 0 Å². The molecule has 6 nitrogen and oxygen atoms in total. The Hall–Kier alpha value is -2.63. The molecule has 3 N–H and O–H groups in total. The van der Waals surface area contributed by atoms with Crippen molar-refractivity contribution in [2.24, 2.45) is 5.73 Å². The maximum atomic E-state index is 11.0. The van der Waals surface area contributed by atoms with Crippen LogP contribution in [-0.2, 0) is 5.41 Å². The SMILES string of the molecule is COc1ccccc1C1(CNc2ccc(C(N)=O)nn2)CCC1. The van der Waals surface area contributed by atoms with Gasteiger partial charge in [0.15, 0.2) is 5.69 Å². The van der Waals surface area contributed by atoms with E-state index in [1.807, 2.05) is 18.2 Å². The highest BCUT2D eigenvalue weighted by atomic mass is 16.5. The fraction of sp³-hybridized carbons (Fsp3) is 0.353. The molecule has 0 saturated heterocycles. The highest BCUT2D eigenvalue weighted by molar-refractivity contribution is 5.90. The Balaban J connectivity index is 1.76. The predicted octanol–water partition coefficient (Wildman–Crippen LogP) is 2.12. The van der Waals surface area contributed by atoms with Crippen LogP contribution in [0.15, 0.2) is 36.4 Å². The Bertz CT molecular complexity index is 696. The minimum absolute atomic E-state index is 0.0522. The molecule has 0 bridgehead atoms. The van der Waals surface area contributed by atoms with Crippen molar-refractivity contribution in [2.45, 2.75) is 24.7 Å². The normalized spacial score (nSPS) is 15.5. The van der Waals surface area contributed by atoms with E-state index in [1.165, 1.54) is 12.0 Å². The van der Waals surface area contributed by atoms with Crippen LogP contribution in [-0.4, -0.2) is 29.8 Å². The Morgan fingerprint density at radius 3 is 2.61 bits per heavy atom. The van der Waals surface area contributed by atoms with Gasteiger partial charge in [0.2, 0.25) is 0 Å². The van der Waals surface area contributed by atoms with Gasteiger partial charge in [0.25, 0.3) is 5.91 Å². The van der Waals surface area contributed by atoms with E-state index in [0.717, 1.165) is 25.1 Å². The molecular formula is C17H20N4O2. The number of benzene rings is 1. The molecule has 0 aliphatic heterocycles. The molecule has 0 spiro atoms. The summed E-state index contributed by atoms with van der Waals surface area (Å²) in [5.41, 5.74) is 6.61. The summed E-state index contributed by atoms with van der Waals surface area (Å²) in [6.07, 6.45) is 3.41. The fourth-order valence-corrected chi connectivity index (χ4v) is 3.05. The number of aromatic nitrogens is 2. The lowest BCUT2D eigenvalue weighted by atomic mass is 9.64. The van der Waals surface area contributed by atoms with Gasteiger partial charge < -0.3 is 15.8 Å². The number of carbonyl (C=O) groups is 1. The Labute approximate surface area is 135 Å². The molecule has 1 aliphatic rings. The van der Waals surface area contributed by atoms with E-state index in [1.54, 1.807) is 19.2 Å². The summed E-state index contributed by atoms with van der Waals surface area (Å²) in [5.74, 6) is 0.980. The average Bonchev–Trinajstić information content (AvgIpc) is 2.54. The lowest BCUT2D eigenvalue weighted by Crippen LogP contribution is -2.41. The minimum atomic E-state index is -0.575. The molecule has 1 amide bonds. The maximum absolute atomic E-state index is 11.0. The minimum Gasteiger partial charge on any atom is -0.496 e. The Kier molecular flexibility index (Phi) is 4.14. The van der Waals surface area contributed by atoms with E-state index in [9.17, 15) is 4.79 Å². The van der Waals surface area contributed by atoms with Crippen LogP contribution in [0.5, 0.6) is 5.75 Å². The average molecular weight is 312 g/mol. The largest absolute Gasteiger partial charge is 0.496 e. The summed E-state index contributed by atoms with van der Waals surface area (Å²) < 4.78 is 5.51. The second-order valence-corrected chi connectivity index (χ2v) is 5.86. The van der Waals surface area contributed by atoms with Crippen molar-refractivity contribution in [1.82, 2.24) is 10.2 Å². The summed E-state index contributed by atoms with van der Waals surface area (Å²) in [6.45, 7) is 0.748. The molecule has 1 aromatic heterocycles. The zero-order valence-corrected chi connectivity index (χ0v) is 13.1. The van der Waals surface area contributed by atoms with Crippen LogP contribution >= 0.6 is 0 Å². The van der Waals surface area contributed by atoms with Gasteiger partial charge in [0.1, 0.15) is 11.6 Å². The van der Waals surface area contributed by atoms with E-state index < -0.39 is 5.91 Å². The van der Waals surface area contributed by atoms with Crippen molar-refractivity contribution in [3.8, 4) is 5.75 Å². The number of nitrogens with zero attached hydrogens (tertiary/aromatic N) is 2. The van der Waals surface area contributed by atoms with Gasteiger partial charge in [-0.15, -0.1) is 10.2 Å². The molecule has 1 saturated carbocycles. The van der Waals surface area contributed by atoms with Crippen LogP contribution < -0.4 is 15.8 Å². The summed E-state index contributed by atoms with van der Waals surface area (Å²) in [5, 5.41) is 11.1. The molecule has 1 fully saturated rings. The quantitative estimate of drug-likeness (QED) is 0.852. The van der Waals surface area contributed by atoms with Crippen LogP contribution in [0.2, 0.25) is 0 Å². The second-order valence-electron chi connectivity index (χ2n) is 5.86. The lowest BCUT2D eigenvalue weighted by Gasteiger charge is -2.43. The number of hydrogen-bond acceptors (Lipinski definition) is 5. The first-order chi connectivity index (χ1) is 11.1. The number of anilines is 1. The van der Waals surface area contributed by atoms with Gasteiger partial charge in [-0.1, -0.05) is 24.6 Å². The first-order valence-corrected chi connectivity index (χ1v) is 7.65. The summed E-state index contributed by atoms with van der Waals surface area (Å²) in [6, 6.07) is 11.4. The predicted molar refractivity (Wildman–Crippen MR) is 87.6 cm³/mol. The molecule has 23 heavy (non-hydrogen) atoms. The molecule has 2 aromatic rings. The van der Waals surface area contributed by atoms with Crippen LogP contribution in [0.3, 0.4) is 0 Å². The van der Waals surface area contributed by atoms with Gasteiger partial charge in [-0.25, -0.2) is 0 Å². The molecular weight excluding hydrogens is 292 g/mol. The maximum Gasteiger partial charge on any atom is 0.269 e. The van der Waals surface area contributed by atoms with Crippen LogP contribution in [0.4, 0.5) is 5.82 Å². The van der Waals surface area contributed by atoms with Crippen molar-refractivity contribution in [1.29, 1.82) is 0 Å². The number of hydrogen-bond donors (Lipinski definition) is 2. The molecule has 6 heteroatoms. The number of ether oxygens (including phenoxy) is 1. The molecule has 0 atom stereocenters. The van der Waals surface area contributed by atoms with Gasteiger partial charge in [0.05, 0.1) is 7.11 Å². The fourth-order valence-electron chi connectivity index (χ4n) is 3.05. The molecule has 0 unspecified atom stereocenters. The van der Waals surface area contributed by atoms with E-state index >= 15 is 0 Å². The molecule has 1 aliphatic carbocycles. The number of amides is 1. The lowest BCUT2D eigenvalue weighted by molar-refractivity contribution is 0.0994. The van der Waals surface area contributed by atoms with E-state index in [0.29, 0.717) is 5.82 Å². The number of nitrogens with one attached hydrogen (secondary N) is 1. The Morgan fingerprint density at radius 1 is 1.26 bits per heavy atom. The monoisotopic (exact) mass is 312 g/mol. The van der Waals surface area contributed by atoms with Gasteiger partial charge in [0, 0.05) is 17.5 Å². The molecule has 0 radical (unpaired) electrons. The molecule has 1 heterocycles. The van der Waals surface area contributed by atoms with E-state index in [2.05, 4.69) is 21.6 Å². The molecule has 3 rings (SSSR count). The summed E-state index contributed by atoms with van der Waals surface area (Å²) in [4.78, 5) is 11.0. The van der Waals surface area contributed by atoms with Gasteiger partial charge in [-0.05, 0) is 31.0 Å². The van der Waals surface area contributed by atoms with Crippen molar-refractivity contribution < 1.29 is 9.53 Å². The highest BCUT2D eigenvalue weighted by Crippen LogP contribution is 2.47. The number of carbonyl (C=O) groups excluding carboxylic acids is 1. The van der Waals surface area contributed by atoms with Gasteiger partial charge in [-0.3, -0.25) is 4.79 Å². The standard InChI is InChI=1S/C17H20N4O2/c1-23-14-6-3-2-5-12(14)17(9-4-10-17)11-19-15-8-7-13(16(18)22)20-21-15/h2-3,5-8H,4,9-11H2,1H3,(H2,18,22)(H,19,21). The second kappa shape index (κ2) is 6.24. The number of nitrogens with two attached hydrogens (primary N) is 1. The van der Waals surface area contributed by atoms with Gasteiger partial charge in [-0.2, -0.15) is 0 Å². The topological polar surface area (TPSA) is 90.1 Å². The van der Waals surface area contributed by atoms with Crippen LogP contribution in [0, 0.1) is 0 Å². The van der Waals surface area contributed by atoms with E-state index in [4.69, 9.17) is 10.5 Å². The third-order valence-corrected chi connectivity index (χ3v) is 4.51. The number of methoxy groups -OCH3 is 1. The zero-order chi connectivity index (χ0) is 16.3. The van der Waals surface area contributed by atoms with Gasteiger partial charge >= 0.3 is 0 Å². The molecule has 120 valence electrons. The van der Waals surface area contributed by atoms with Crippen molar-refractivity contribution in [2.75, 3.05) is 19.0 Å². The Morgan fingerprint density at radius 2 is 2.04 bits per heavy atom. The third-order valence-electron chi connectivity index (χ3n) is 4.51. The number of rotatable bonds is 6. The summed E-state index contributed by atoms with van der Waals surface area (Å²) >= 11 is 0. The van der Waals surface area contributed by atoms with Crippen LogP contribution in [0.1, 0.15) is 35.3 Å². The number of primary amides is 1.